The lowest BCUT2D eigenvalue weighted by Crippen LogP contribution is -2.42. The second-order valence-corrected chi connectivity index (χ2v) is 5.39. The topological polar surface area (TPSA) is 86.7 Å². The lowest BCUT2D eigenvalue weighted by atomic mass is 10.0. The van der Waals surface area contributed by atoms with Crippen LogP contribution in [0.4, 0.5) is 0 Å². The molecule has 0 radical (unpaired) electrons. The lowest BCUT2D eigenvalue weighted by Gasteiger charge is -2.18. The molecule has 0 saturated heterocycles. The summed E-state index contributed by atoms with van der Waals surface area (Å²) in [5, 5.41) is 13.4. The Morgan fingerprint density at radius 3 is 2.50 bits per heavy atom. The molecule has 2 rings (SSSR count). The summed E-state index contributed by atoms with van der Waals surface area (Å²) in [5.74, 6) is -1.76. The van der Waals surface area contributed by atoms with Crippen molar-refractivity contribution in [3.05, 3.63) is 48.0 Å². The van der Waals surface area contributed by atoms with Crippen molar-refractivity contribution in [1.29, 1.82) is 0 Å². The van der Waals surface area contributed by atoms with Crippen molar-refractivity contribution < 1.29 is 19.5 Å². The van der Waals surface area contributed by atoms with Gasteiger partial charge in [0, 0.05) is 6.54 Å². The number of carboxylic acid groups (broad SMARTS) is 1. The Morgan fingerprint density at radius 2 is 1.79 bits per heavy atom. The van der Waals surface area contributed by atoms with Crippen LogP contribution in [0.25, 0.3) is 10.8 Å². The van der Waals surface area contributed by atoms with Gasteiger partial charge in [-0.15, -0.1) is 0 Å². The number of hydrogen-bond acceptors (Lipinski definition) is 3. The third-order valence-electron chi connectivity index (χ3n) is 3.73. The zero-order valence-corrected chi connectivity index (χ0v) is 13.5. The highest BCUT2D eigenvalue weighted by molar-refractivity contribution is 5.92. The number of hydrogen-bond donors (Lipinski definition) is 2. The fourth-order valence-electron chi connectivity index (χ4n) is 2.51. The Balaban J connectivity index is 1.95. The first-order valence-corrected chi connectivity index (χ1v) is 7.74. The summed E-state index contributed by atoms with van der Waals surface area (Å²) in [4.78, 5) is 35.9. The van der Waals surface area contributed by atoms with Gasteiger partial charge in [0.1, 0.15) is 6.54 Å². The molecule has 6 nitrogen and oxygen atoms in total. The van der Waals surface area contributed by atoms with Crippen LogP contribution in [0, 0.1) is 0 Å². The van der Waals surface area contributed by atoms with Gasteiger partial charge in [0.15, 0.2) is 0 Å². The predicted molar refractivity (Wildman–Crippen MR) is 90.6 cm³/mol. The fourth-order valence-corrected chi connectivity index (χ4v) is 2.51. The number of nitrogens with one attached hydrogen (secondary N) is 1. The molecule has 0 fully saturated rings. The van der Waals surface area contributed by atoms with E-state index >= 15 is 0 Å². The first kappa shape index (κ1) is 17.5. The minimum Gasteiger partial charge on any atom is -0.480 e. The van der Waals surface area contributed by atoms with Gasteiger partial charge in [-0.1, -0.05) is 42.5 Å². The number of carbonyl (C=O) groups is 3. The van der Waals surface area contributed by atoms with Gasteiger partial charge >= 0.3 is 5.97 Å². The van der Waals surface area contributed by atoms with Gasteiger partial charge in [-0.25, -0.2) is 0 Å². The molecule has 0 unspecified atom stereocenters. The Labute approximate surface area is 140 Å². The average molecular weight is 328 g/mol. The third kappa shape index (κ3) is 4.55. The van der Waals surface area contributed by atoms with Crippen molar-refractivity contribution in [1.82, 2.24) is 10.2 Å². The zero-order valence-electron chi connectivity index (χ0n) is 13.5. The highest BCUT2D eigenvalue weighted by atomic mass is 16.4. The largest absolute Gasteiger partial charge is 0.480 e. The van der Waals surface area contributed by atoms with Crippen LogP contribution >= 0.6 is 0 Å². The summed E-state index contributed by atoms with van der Waals surface area (Å²) in [6.07, 6.45) is 0.166. The Bertz CT molecular complexity index is 752. The van der Waals surface area contributed by atoms with Crippen molar-refractivity contribution >= 4 is 28.6 Å². The summed E-state index contributed by atoms with van der Waals surface area (Å²) in [6.45, 7) is 1.41. The molecule has 2 amide bonds. The molecule has 0 aliphatic rings. The lowest BCUT2D eigenvalue weighted by molar-refractivity contribution is -0.144. The fraction of sp³-hybridized carbons (Fsp3) is 0.278. The van der Waals surface area contributed by atoms with Crippen molar-refractivity contribution in [2.24, 2.45) is 0 Å². The number of amides is 2. The highest BCUT2D eigenvalue weighted by Crippen LogP contribution is 2.18. The summed E-state index contributed by atoms with van der Waals surface area (Å²) in [5.41, 5.74) is 0.885. The van der Waals surface area contributed by atoms with Crippen molar-refractivity contribution in [3.8, 4) is 0 Å². The van der Waals surface area contributed by atoms with E-state index in [4.69, 9.17) is 5.11 Å². The van der Waals surface area contributed by atoms with E-state index in [0.717, 1.165) is 16.3 Å². The average Bonchev–Trinajstić information content (AvgIpc) is 2.57. The van der Waals surface area contributed by atoms with Crippen LogP contribution in [0.5, 0.6) is 0 Å². The maximum absolute atomic E-state index is 12.1. The second kappa shape index (κ2) is 8.10. The van der Waals surface area contributed by atoms with Crippen LogP contribution in [0.1, 0.15) is 12.5 Å². The van der Waals surface area contributed by atoms with Gasteiger partial charge in [-0.3, -0.25) is 14.4 Å². The van der Waals surface area contributed by atoms with Crippen molar-refractivity contribution in [2.75, 3.05) is 19.6 Å². The molecule has 0 aliphatic carbocycles. The summed E-state index contributed by atoms with van der Waals surface area (Å²) in [6, 6.07) is 13.5. The molecule has 0 spiro atoms. The number of aliphatic carboxylic acids is 1. The standard InChI is InChI=1S/C18H20N2O4/c1-2-20(12-18(23)24)17(22)11-19-16(21)10-14-8-5-7-13-6-3-4-9-15(13)14/h3-9H,2,10-12H2,1H3,(H,19,21)(H,23,24). The SMILES string of the molecule is CCN(CC(=O)O)C(=O)CNC(=O)Cc1cccc2ccccc12. The van der Waals surface area contributed by atoms with E-state index in [9.17, 15) is 14.4 Å². The number of likely N-dealkylation sites (N-methyl/N-ethyl adjacent to an activating group) is 1. The van der Waals surface area contributed by atoms with Crippen LogP contribution < -0.4 is 5.32 Å². The molecule has 0 aliphatic heterocycles. The van der Waals surface area contributed by atoms with Gasteiger partial charge in [0.25, 0.3) is 0 Å². The molecule has 0 atom stereocenters. The van der Waals surface area contributed by atoms with Crippen LogP contribution in [0.3, 0.4) is 0 Å². The van der Waals surface area contributed by atoms with Crippen LogP contribution in [0.15, 0.2) is 42.5 Å². The molecular weight excluding hydrogens is 308 g/mol. The van der Waals surface area contributed by atoms with Crippen molar-refractivity contribution in [3.63, 3.8) is 0 Å². The van der Waals surface area contributed by atoms with E-state index in [-0.39, 0.29) is 32.0 Å². The van der Waals surface area contributed by atoms with Crippen LogP contribution in [-0.2, 0) is 20.8 Å². The number of benzene rings is 2. The molecule has 0 aromatic heterocycles. The van der Waals surface area contributed by atoms with Crippen molar-refractivity contribution in [2.45, 2.75) is 13.3 Å². The summed E-state index contributed by atoms with van der Waals surface area (Å²) < 4.78 is 0. The number of nitrogens with zero attached hydrogens (tertiary/aromatic N) is 1. The molecule has 6 heteroatoms. The Hall–Kier alpha value is -2.89. The van der Waals surface area contributed by atoms with E-state index < -0.39 is 11.9 Å². The van der Waals surface area contributed by atoms with Gasteiger partial charge in [-0.05, 0) is 23.3 Å². The smallest absolute Gasteiger partial charge is 0.323 e. The first-order valence-electron chi connectivity index (χ1n) is 7.74. The normalized spacial score (nSPS) is 10.4. The minimum atomic E-state index is -1.08. The molecule has 2 aromatic rings. The van der Waals surface area contributed by atoms with E-state index in [1.165, 1.54) is 4.90 Å². The predicted octanol–water partition coefficient (Wildman–Crippen LogP) is 1.43. The molecule has 24 heavy (non-hydrogen) atoms. The van der Waals surface area contributed by atoms with E-state index in [1.54, 1.807) is 6.92 Å². The number of carbonyl (C=O) groups excluding carboxylic acids is 2. The van der Waals surface area contributed by atoms with Crippen LogP contribution in [-0.4, -0.2) is 47.4 Å². The van der Waals surface area contributed by atoms with Crippen LogP contribution in [0.2, 0.25) is 0 Å². The van der Waals surface area contributed by atoms with Gasteiger partial charge in [0.05, 0.1) is 13.0 Å². The van der Waals surface area contributed by atoms with E-state index in [1.807, 2.05) is 42.5 Å². The van der Waals surface area contributed by atoms with E-state index in [0.29, 0.717) is 0 Å². The molecule has 2 aromatic carbocycles. The second-order valence-electron chi connectivity index (χ2n) is 5.39. The molecule has 0 bridgehead atoms. The van der Waals surface area contributed by atoms with E-state index in [2.05, 4.69) is 5.32 Å². The van der Waals surface area contributed by atoms with Gasteiger partial charge < -0.3 is 15.3 Å². The molecule has 0 saturated carbocycles. The van der Waals surface area contributed by atoms with Gasteiger partial charge in [-0.2, -0.15) is 0 Å². The Kier molecular flexibility index (Phi) is 5.89. The molecular formula is C18H20N2O4. The quantitative estimate of drug-likeness (QED) is 0.805. The number of carboxylic acids is 1. The molecule has 2 N–H and O–H groups in total. The summed E-state index contributed by atoms with van der Waals surface area (Å²) >= 11 is 0. The monoisotopic (exact) mass is 328 g/mol. The third-order valence-corrected chi connectivity index (χ3v) is 3.73. The molecule has 126 valence electrons. The zero-order chi connectivity index (χ0) is 17.5. The molecule has 0 heterocycles. The Morgan fingerprint density at radius 1 is 1.08 bits per heavy atom. The number of fused-ring (bicyclic) bond motifs is 1. The number of rotatable bonds is 7. The maximum Gasteiger partial charge on any atom is 0.323 e. The summed E-state index contributed by atoms with van der Waals surface area (Å²) in [7, 11) is 0. The maximum atomic E-state index is 12.1. The highest BCUT2D eigenvalue weighted by Gasteiger charge is 2.16. The van der Waals surface area contributed by atoms with Gasteiger partial charge in [0.2, 0.25) is 11.8 Å². The first-order chi connectivity index (χ1) is 11.5. The minimum absolute atomic E-state index is 0.166.